The summed E-state index contributed by atoms with van der Waals surface area (Å²) >= 11 is 0. The number of ketones is 1. The Kier molecular flexibility index (Phi) is 3.65. The maximum absolute atomic E-state index is 12.3. The number of nitrogens with zero attached hydrogens (tertiary/aromatic N) is 1. The topological polar surface area (TPSA) is 31.2 Å². The second kappa shape index (κ2) is 5.08. The highest BCUT2D eigenvalue weighted by atomic mass is 16.5. The van der Waals surface area contributed by atoms with Gasteiger partial charge in [0.2, 0.25) is 0 Å². The first kappa shape index (κ1) is 13.7. The molecule has 0 aliphatic rings. The first-order chi connectivity index (χ1) is 8.97. The van der Waals surface area contributed by atoms with Crippen LogP contribution in [0.5, 0.6) is 5.75 Å². The summed E-state index contributed by atoms with van der Waals surface area (Å²) in [5.41, 5.74) is 0.773. The van der Waals surface area contributed by atoms with Gasteiger partial charge in [-0.1, -0.05) is 20.8 Å². The summed E-state index contributed by atoms with van der Waals surface area (Å²) in [6.07, 6.45) is 2.82. The maximum Gasteiger partial charge on any atom is 0.158 e. The first-order valence-corrected chi connectivity index (χ1v) is 6.64. The molecule has 0 saturated heterocycles. The van der Waals surface area contributed by atoms with Crippen LogP contribution in [0.1, 0.15) is 27.2 Å². The highest BCUT2D eigenvalue weighted by Crippen LogP contribution is 2.25. The van der Waals surface area contributed by atoms with E-state index >= 15 is 0 Å². The number of carbonyl (C=O) groups excluding carboxylic acids is 1. The van der Waals surface area contributed by atoms with Gasteiger partial charge in [-0.2, -0.15) is 0 Å². The van der Waals surface area contributed by atoms with Gasteiger partial charge in [0.25, 0.3) is 0 Å². The van der Waals surface area contributed by atoms with E-state index in [0.29, 0.717) is 6.54 Å². The zero-order valence-corrected chi connectivity index (χ0v) is 12.1. The molecular formula is C16H21NO2. The zero-order chi connectivity index (χ0) is 14.0. The molecule has 0 fully saturated rings. The highest BCUT2D eigenvalue weighted by molar-refractivity contribution is 5.87. The SMILES string of the molecule is CCC(C)(C)C(=O)Cn1ccc2ccc(OC)cc21. The van der Waals surface area contributed by atoms with Crippen molar-refractivity contribution in [3.8, 4) is 5.75 Å². The summed E-state index contributed by atoms with van der Waals surface area (Å²) in [6.45, 7) is 6.47. The second-order valence-electron chi connectivity index (χ2n) is 5.53. The molecular weight excluding hydrogens is 238 g/mol. The Morgan fingerprint density at radius 1 is 1.32 bits per heavy atom. The number of fused-ring (bicyclic) bond motifs is 1. The van der Waals surface area contributed by atoms with Gasteiger partial charge in [-0.15, -0.1) is 0 Å². The zero-order valence-electron chi connectivity index (χ0n) is 12.1. The molecule has 19 heavy (non-hydrogen) atoms. The fourth-order valence-corrected chi connectivity index (χ4v) is 1.99. The number of Topliss-reactive ketones (excluding diaryl/α,β-unsaturated/α-hetero) is 1. The fourth-order valence-electron chi connectivity index (χ4n) is 1.99. The van der Waals surface area contributed by atoms with Gasteiger partial charge in [-0.3, -0.25) is 4.79 Å². The molecule has 0 spiro atoms. The molecule has 0 saturated carbocycles. The third-order valence-corrected chi connectivity index (χ3v) is 3.93. The van der Waals surface area contributed by atoms with Crippen molar-refractivity contribution < 1.29 is 9.53 Å². The van der Waals surface area contributed by atoms with Crippen LogP contribution in [0.25, 0.3) is 10.9 Å². The van der Waals surface area contributed by atoms with Gasteiger partial charge in [-0.25, -0.2) is 0 Å². The van der Waals surface area contributed by atoms with Crippen molar-refractivity contribution in [1.29, 1.82) is 0 Å². The molecule has 2 rings (SSSR count). The molecule has 3 heteroatoms. The van der Waals surface area contributed by atoms with E-state index < -0.39 is 0 Å². The van der Waals surface area contributed by atoms with Gasteiger partial charge in [0.1, 0.15) is 5.75 Å². The Morgan fingerprint density at radius 3 is 2.68 bits per heavy atom. The van der Waals surface area contributed by atoms with Crippen molar-refractivity contribution in [3.63, 3.8) is 0 Å². The molecule has 0 atom stereocenters. The highest BCUT2D eigenvalue weighted by Gasteiger charge is 2.25. The van der Waals surface area contributed by atoms with Crippen LogP contribution in [0, 0.1) is 5.41 Å². The van der Waals surface area contributed by atoms with E-state index in [-0.39, 0.29) is 11.2 Å². The lowest BCUT2D eigenvalue weighted by Gasteiger charge is -2.21. The summed E-state index contributed by atoms with van der Waals surface area (Å²) in [4.78, 5) is 12.3. The third kappa shape index (κ3) is 2.65. The predicted octanol–water partition coefficient (Wildman–Crippen LogP) is 3.66. The Morgan fingerprint density at radius 2 is 2.05 bits per heavy atom. The van der Waals surface area contributed by atoms with Crippen LogP contribution in [0.4, 0.5) is 0 Å². The van der Waals surface area contributed by atoms with Gasteiger partial charge < -0.3 is 9.30 Å². The summed E-state index contributed by atoms with van der Waals surface area (Å²) in [5.74, 6) is 1.07. The number of methoxy groups -OCH3 is 1. The number of ether oxygens (including phenoxy) is 1. The van der Waals surface area contributed by atoms with Crippen molar-refractivity contribution in [3.05, 3.63) is 30.5 Å². The van der Waals surface area contributed by atoms with Crippen molar-refractivity contribution in [2.45, 2.75) is 33.7 Å². The smallest absolute Gasteiger partial charge is 0.158 e. The quantitative estimate of drug-likeness (QED) is 0.820. The molecule has 0 aliphatic heterocycles. The minimum Gasteiger partial charge on any atom is -0.497 e. The molecule has 1 aromatic heterocycles. The third-order valence-electron chi connectivity index (χ3n) is 3.93. The first-order valence-electron chi connectivity index (χ1n) is 6.64. The number of hydrogen-bond donors (Lipinski definition) is 0. The average Bonchev–Trinajstić information content (AvgIpc) is 2.81. The predicted molar refractivity (Wildman–Crippen MR) is 77.6 cm³/mol. The summed E-state index contributed by atoms with van der Waals surface area (Å²) < 4.78 is 7.24. The van der Waals surface area contributed by atoms with Crippen LogP contribution in [0.2, 0.25) is 0 Å². The fraction of sp³-hybridized carbons (Fsp3) is 0.438. The lowest BCUT2D eigenvalue weighted by molar-refractivity contribution is -0.127. The molecule has 0 radical (unpaired) electrons. The van der Waals surface area contributed by atoms with Crippen LogP contribution >= 0.6 is 0 Å². The Bertz CT molecular complexity index is 596. The van der Waals surface area contributed by atoms with E-state index in [1.165, 1.54) is 0 Å². The van der Waals surface area contributed by atoms with Gasteiger partial charge in [0, 0.05) is 17.7 Å². The molecule has 0 bridgehead atoms. The molecule has 0 amide bonds. The van der Waals surface area contributed by atoms with Crippen LogP contribution < -0.4 is 4.74 Å². The van der Waals surface area contributed by atoms with E-state index in [1.807, 2.05) is 48.9 Å². The monoisotopic (exact) mass is 259 g/mol. The Balaban J connectivity index is 2.33. The molecule has 2 aromatic rings. The van der Waals surface area contributed by atoms with Crippen molar-refractivity contribution in [2.75, 3.05) is 7.11 Å². The van der Waals surface area contributed by atoms with Crippen molar-refractivity contribution >= 4 is 16.7 Å². The average molecular weight is 259 g/mol. The van der Waals surface area contributed by atoms with Crippen LogP contribution in [0.3, 0.4) is 0 Å². The van der Waals surface area contributed by atoms with E-state index in [0.717, 1.165) is 23.1 Å². The van der Waals surface area contributed by atoms with E-state index in [4.69, 9.17) is 4.74 Å². The number of rotatable bonds is 5. The Hall–Kier alpha value is -1.77. The summed E-state index contributed by atoms with van der Waals surface area (Å²) in [7, 11) is 1.65. The minimum absolute atomic E-state index is 0.260. The summed E-state index contributed by atoms with van der Waals surface area (Å²) in [5, 5.41) is 1.13. The lowest BCUT2D eigenvalue weighted by Crippen LogP contribution is -2.27. The van der Waals surface area contributed by atoms with Crippen molar-refractivity contribution in [1.82, 2.24) is 4.57 Å². The number of hydrogen-bond acceptors (Lipinski definition) is 2. The molecule has 3 nitrogen and oxygen atoms in total. The van der Waals surface area contributed by atoms with Gasteiger partial charge >= 0.3 is 0 Å². The van der Waals surface area contributed by atoms with Crippen molar-refractivity contribution in [2.24, 2.45) is 5.41 Å². The second-order valence-corrected chi connectivity index (χ2v) is 5.53. The minimum atomic E-state index is -0.268. The number of carbonyl (C=O) groups is 1. The van der Waals surface area contributed by atoms with E-state index in [1.54, 1.807) is 7.11 Å². The standard InChI is InChI=1S/C16H21NO2/c1-5-16(2,3)15(18)11-17-9-8-12-6-7-13(19-4)10-14(12)17/h6-10H,5,11H2,1-4H3. The number of benzene rings is 1. The van der Waals surface area contributed by atoms with E-state index in [2.05, 4.69) is 6.92 Å². The van der Waals surface area contributed by atoms with Gasteiger partial charge in [-0.05, 0) is 30.0 Å². The van der Waals surface area contributed by atoms with E-state index in [9.17, 15) is 4.79 Å². The van der Waals surface area contributed by atoms with Crippen LogP contribution in [-0.4, -0.2) is 17.5 Å². The summed E-state index contributed by atoms with van der Waals surface area (Å²) in [6, 6.07) is 7.95. The number of aromatic nitrogens is 1. The maximum atomic E-state index is 12.3. The molecule has 102 valence electrons. The normalized spacial score (nSPS) is 11.8. The Labute approximate surface area is 114 Å². The van der Waals surface area contributed by atoms with Crippen LogP contribution in [0.15, 0.2) is 30.5 Å². The largest absolute Gasteiger partial charge is 0.497 e. The lowest BCUT2D eigenvalue weighted by atomic mass is 9.85. The molecule has 1 heterocycles. The molecule has 1 aromatic carbocycles. The molecule has 0 N–H and O–H groups in total. The molecule has 0 unspecified atom stereocenters. The van der Waals surface area contributed by atoms with Crippen LogP contribution in [-0.2, 0) is 11.3 Å². The van der Waals surface area contributed by atoms with Gasteiger partial charge in [0.15, 0.2) is 5.78 Å². The van der Waals surface area contributed by atoms with Gasteiger partial charge in [0.05, 0.1) is 19.2 Å². The molecule has 0 aliphatic carbocycles.